The van der Waals surface area contributed by atoms with E-state index in [0.29, 0.717) is 3.63 Å². The van der Waals surface area contributed by atoms with Crippen LogP contribution in [-0.4, -0.2) is 3.71 Å². The molecule has 41 heavy (non-hydrogen) atoms. The van der Waals surface area contributed by atoms with Gasteiger partial charge in [-0.2, -0.15) is 0 Å². The minimum atomic E-state index is -2.36. The number of hydrogen-bond acceptors (Lipinski definition) is 0. The average molecular weight is 614 g/mol. The molecule has 0 amide bonds. The summed E-state index contributed by atoms with van der Waals surface area (Å²) in [5.41, 5.74) is 13.3. The molecule has 1 heteroatoms. The fourth-order valence-corrected chi connectivity index (χ4v) is 14.1. The normalized spacial score (nSPS) is 15.4. The van der Waals surface area contributed by atoms with Gasteiger partial charge in [0.1, 0.15) is 0 Å². The Morgan fingerprint density at radius 3 is 1.76 bits per heavy atom. The molecule has 0 aromatic heterocycles. The van der Waals surface area contributed by atoms with Crippen molar-refractivity contribution in [3.05, 3.63) is 146 Å². The molecule has 0 saturated carbocycles. The Morgan fingerprint density at radius 2 is 1.22 bits per heavy atom. The van der Waals surface area contributed by atoms with Crippen LogP contribution in [0, 0.1) is 0 Å². The van der Waals surface area contributed by atoms with Gasteiger partial charge in [-0.15, -0.1) is 0 Å². The molecule has 206 valence electrons. The van der Waals surface area contributed by atoms with Crippen LogP contribution < -0.4 is 0 Å². The molecular weight excluding hydrogens is 572 g/mol. The summed E-state index contributed by atoms with van der Waals surface area (Å²) < 4.78 is 5.01. The van der Waals surface area contributed by atoms with E-state index in [9.17, 15) is 0 Å². The summed E-state index contributed by atoms with van der Waals surface area (Å²) in [6, 6.07) is 36.9. The van der Waals surface area contributed by atoms with E-state index in [1.54, 1.807) is 14.4 Å². The Labute approximate surface area is 255 Å². The van der Waals surface area contributed by atoms with Crippen molar-refractivity contribution in [3.8, 4) is 11.1 Å². The van der Waals surface area contributed by atoms with Crippen molar-refractivity contribution in [2.45, 2.75) is 68.8 Å². The van der Waals surface area contributed by atoms with E-state index in [1.165, 1.54) is 39.0 Å². The zero-order valence-electron chi connectivity index (χ0n) is 25.5. The monoisotopic (exact) mass is 612 g/mol. The molecule has 0 nitrogen and oxygen atoms in total. The summed E-state index contributed by atoms with van der Waals surface area (Å²) in [5.74, 6) is 0. The van der Waals surface area contributed by atoms with E-state index in [0.717, 1.165) is 12.8 Å². The summed E-state index contributed by atoms with van der Waals surface area (Å²) in [5, 5.41) is 0. The summed E-state index contributed by atoms with van der Waals surface area (Å²) in [7, 11) is 0. The van der Waals surface area contributed by atoms with Gasteiger partial charge >= 0.3 is 256 Å². The molecule has 4 aromatic carbocycles. The fraction of sp³-hybridized carbons (Fsp3) is 0.275. The number of rotatable bonds is 5. The van der Waals surface area contributed by atoms with E-state index in [4.69, 9.17) is 0 Å². The van der Waals surface area contributed by atoms with Crippen LogP contribution in [0.15, 0.2) is 112 Å². The zero-order valence-corrected chi connectivity index (χ0v) is 27.9. The van der Waals surface area contributed by atoms with Crippen LogP contribution in [0.1, 0.15) is 85.0 Å². The Hall–Kier alpha value is -2.89. The van der Waals surface area contributed by atoms with Crippen molar-refractivity contribution < 1.29 is 21.3 Å². The quantitative estimate of drug-likeness (QED) is 0.210. The first-order chi connectivity index (χ1) is 19.6. The molecule has 0 aliphatic heterocycles. The molecule has 4 aromatic rings. The van der Waals surface area contributed by atoms with Gasteiger partial charge in [0.05, 0.1) is 0 Å². The predicted molar refractivity (Wildman–Crippen MR) is 174 cm³/mol. The Morgan fingerprint density at radius 1 is 0.683 bits per heavy atom. The second kappa shape index (κ2) is 11.1. The Kier molecular flexibility index (Phi) is 7.63. The number of benzene rings is 4. The standard InChI is InChI=1S/C21H25.C11H9.C8H8.Zr/c1-20(2,3)16-9-7-14-11-15-8-10-17(21(4,5)6)13-19(15)18(14)12-16;1-2-6-10(7-3-1)11-8-4-5-9-11;1-2-8-6-4-3-5-7-8;/h7-13H,1-6H3;1-3,6-9H,4H2;1,3-7H,2H2;. The molecule has 0 N–H and O–H groups in total. The van der Waals surface area contributed by atoms with Gasteiger partial charge in [-0.1, -0.05) is 0 Å². The molecule has 2 aliphatic carbocycles. The zero-order chi connectivity index (χ0) is 28.8. The summed E-state index contributed by atoms with van der Waals surface area (Å²) in [6.45, 7) is 14.0. The van der Waals surface area contributed by atoms with Crippen molar-refractivity contribution in [1.82, 2.24) is 0 Å². The van der Waals surface area contributed by atoms with Gasteiger partial charge in [-0.05, 0) is 0 Å². The first-order valence-corrected chi connectivity index (χ1v) is 19.2. The molecule has 0 radical (unpaired) electrons. The predicted octanol–water partition coefficient (Wildman–Crippen LogP) is 10.4. The van der Waals surface area contributed by atoms with Gasteiger partial charge in [0.15, 0.2) is 0 Å². The number of hydrogen-bond donors (Lipinski definition) is 0. The second-order valence-corrected chi connectivity index (χ2v) is 20.0. The average Bonchev–Trinajstić information content (AvgIpc) is 3.57. The molecule has 0 spiro atoms. The maximum absolute atomic E-state index is 2.80. The van der Waals surface area contributed by atoms with E-state index in [-0.39, 0.29) is 10.8 Å². The first-order valence-electron chi connectivity index (χ1n) is 15.1. The Bertz CT molecular complexity index is 1610. The first kappa shape index (κ1) is 28.2. The molecule has 0 saturated heterocycles. The maximum atomic E-state index is 2.80. The molecule has 0 unspecified atom stereocenters. The minimum absolute atomic E-state index is 0.123. The van der Waals surface area contributed by atoms with Crippen molar-refractivity contribution >= 4 is 9.28 Å². The number of allylic oxidation sites excluding steroid dienone is 4. The Balaban J connectivity index is 1.52. The van der Waals surface area contributed by atoms with E-state index >= 15 is 0 Å². The van der Waals surface area contributed by atoms with E-state index in [2.05, 4.69) is 154 Å². The summed E-state index contributed by atoms with van der Waals surface area (Å²) >= 11 is -2.36. The van der Waals surface area contributed by atoms with Crippen LogP contribution in [0.5, 0.6) is 0 Å². The second-order valence-electron chi connectivity index (χ2n) is 13.8. The van der Waals surface area contributed by atoms with Gasteiger partial charge in [0, 0.05) is 0 Å². The van der Waals surface area contributed by atoms with Gasteiger partial charge in [-0.3, -0.25) is 0 Å². The van der Waals surface area contributed by atoms with Crippen molar-refractivity contribution in [1.29, 1.82) is 0 Å². The summed E-state index contributed by atoms with van der Waals surface area (Å²) in [4.78, 5) is 0. The molecular formula is C40H42Zr. The molecule has 6 rings (SSSR count). The van der Waals surface area contributed by atoms with Gasteiger partial charge in [0.2, 0.25) is 0 Å². The van der Waals surface area contributed by atoms with Crippen LogP contribution in [0.4, 0.5) is 0 Å². The SMILES string of the molecule is CC(C)(C)c1ccc2c(c1)-c1cc(C(C)(C)C)ccc1[CH]2[Zr](=[CH]Cc1ccccc1)[C]1=CC(c2ccccc2)=CC1. The van der Waals surface area contributed by atoms with Crippen LogP contribution in [-0.2, 0) is 38.5 Å². The fourth-order valence-electron chi connectivity index (χ4n) is 6.35. The molecule has 2 aliphatic rings. The van der Waals surface area contributed by atoms with E-state index < -0.39 is 21.3 Å². The topological polar surface area (TPSA) is 0 Å². The third-order valence-corrected chi connectivity index (χ3v) is 16.1. The molecule has 0 bridgehead atoms. The molecule has 0 heterocycles. The van der Waals surface area contributed by atoms with Crippen LogP contribution in [0.3, 0.4) is 0 Å². The third kappa shape index (κ3) is 5.76. The molecule has 0 fully saturated rings. The van der Waals surface area contributed by atoms with Gasteiger partial charge in [-0.25, -0.2) is 0 Å². The van der Waals surface area contributed by atoms with E-state index in [1.807, 2.05) is 0 Å². The van der Waals surface area contributed by atoms with Crippen LogP contribution in [0.2, 0.25) is 0 Å². The van der Waals surface area contributed by atoms with Crippen LogP contribution >= 0.6 is 0 Å². The van der Waals surface area contributed by atoms with Gasteiger partial charge < -0.3 is 0 Å². The van der Waals surface area contributed by atoms with Crippen molar-refractivity contribution in [2.24, 2.45) is 0 Å². The van der Waals surface area contributed by atoms with Gasteiger partial charge in [0.25, 0.3) is 0 Å². The third-order valence-electron chi connectivity index (χ3n) is 8.81. The van der Waals surface area contributed by atoms with Crippen LogP contribution in [0.25, 0.3) is 16.7 Å². The number of fused-ring (bicyclic) bond motifs is 3. The van der Waals surface area contributed by atoms with Crippen molar-refractivity contribution in [3.63, 3.8) is 0 Å². The van der Waals surface area contributed by atoms with Crippen molar-refractivity contribution in [2.75, 3.05) is 0 Å². The summed E-state index contributed by atoms with van der Waals surface area (Å²) in [6.07, 6.45) is 7.18. The molecule has 0 atom stereocenters.